The Hall–Kier alpha value is -2.92. The van der Waals surface area contributed by atoms with E-state index >= 15 is 0 Å². The molecule has 142 valence electrons. The summed E-state index contributed by atoms with van der Waals surface area (Å²) in [6.07, 6.45) is 9.15. The molecule has 4 rings (SSSR count). The van der Waals surface area contributed by atoms with Crippen molar-refractivity contribution in [1.29, 1.82) is 0 Å². The summed E-state index contributed by atoms with van der Waals surface area (Å²) in [6, 6.07) is 8.17. The third-order valence-corrected chi connectivity index (χ3v) is 4.99. The maximum absolute atomic E-state index is 14.7. The quantitative estimate of drug-likeness (QED) is 0.571. The Bertz CT molecular complexity index is 1160. The molecule has 1 aromatic carbocycles. The molecule has 0 saturated heterocycles. The summed E-state index contributed by atoms with van der Waals surface area (Å²) in [5.74, 6) is -0.00290. The van der Waals surface area contributed by atoms with Gasteiger partial charge in [0.25, 0.3) is 5.56 Å². The van der Waals surface area contributed by atoms with Gasteiger partial charge in [0, 0.05) is 28.9 Å². The molecule has 1 aliphatic rings. The fourth-order valence-electron chi connectivity index (χ4n) is 3.31. The first-order chi connectivity index (χ1) is 13.5. The van der Waals surface area contributed by atoms with Gasteiger partial charge in [-0.05, 0) is 56.2 Å². The number of benzene rings is 1. The van der Waals surface area contributed by atoms with Gasteiger partial charge in [-0.1, -0.05) is 24.3 Å². The second-order valence-corrected chi connectivity index (χ2v) is 7.17. The van der Waals surface area contributed by atoms with Crippen molar-refractivity contribution in [2.45, 2.75) is 25.8 Å². The minimum atomic E-state index is -0.479. The zero-order valence-corrected chi connectivity index (χ0v) is 16.2. The number of imidazole rings is 1. The van der Waals surface area contributed by atoms with Crippen LogP contribution in [0.25, 0.3) is 29.2 Å². The normalized spacial score (nSPS) is 14.0. The zero-order valence-electron chi connectivity index (χ0n) is 15.4. The number of halogens is 2. The molecule has 28 heavy (non-hydrogen) atoms. The van der Waals surface area contributed by atoms with Crippen LogP contribution in [0.15, 0.2) is 54.0 Å². The van der Waals surface area contributed by atoms with E-state index in [1.165, 1.54) is 6.07 Å². The summed E-state index contributed by atoms with van der Waals surface area (Å²) >= 11 is 5.92. The standard InChI is InChI=1S/C22H19ClFN3O/c1-3-5-18-19(4-2)27(20-9-6-15(23)13-17(20)24)22(25-18)14-10-11-26(16-7-8-16)21(28)12-14/h3-6,9-13,16H,2,7-8H2,1H3/b5-3-. The molecule has 2 heterocycles. The van der Waals surface area contributed by atoms with Gasteiger partial charge in [0.15, 0.2) is 0 Å². The molecular formula is C22H19ClFN3O. The molecule has 0 atom stereocenters. The lowest BCUT2D eigenvalue weighted by molar-refractivity contribution is 0.618. The number of hydrogen-bond acceptors (Lipinski definition) is 2. The van der Waals surface area contributed by atoms with Gasteiger partial charge in [0.1, 0.15) is 11.6 Å². The van der Waals surface area contributed by atoms with Crippen molar-refractivity contribution in [2.24, 2.45) is 0 Å². The van der Waals surface area contributed by atoms with Gasteiger partial charge in [-0.2, -0.15) is 0 Å². The molecule has 4 nitrogen and oxygen atoms in total. The van der Waals surface area contributed by atoms with Crippen molar-refractivity contribution in [1.82, 2.24) is 14.1 Å². The Kier molecular flexibility index (Phi) is 4.77. The molecule has 0 radical (unpaired) electrons. The molecule has 0 unspecified atom stereocenters. The predicted molar refractivity (Wildman–Crippen MR) is 111 cm³/mol. The van der Waals surface area contributed by atoms with Gasteiger partial charge >= 0.3 is 0 Å². The summed E-state index contributed by atoms with van der Waals surface area (Å²) in [5, 5.41) is 0.309. The predicted octanol–water partition coefficient (Wildman–Crippen LogP) is 5.50. The van der Waals surface area contributed by atoms with E-state index in [9.17, 15) is 9.18 Å². The van der Waals surface area contributed by atoms with E-state index in [0.717, 1.165) is 12.8 Å². The maximum Gasteiger partial charge on any atom is 0.251 e. The van der Waals surface area contributed by atoms with Crippen molar-refractivity contribution >= 4 is 23.8 Å². The molecule has 0 bridgehead atoms. The van der Waals surface area contributed by atoms with Gasteiger partial charge < -0.3 is 4.57 Å². The molecule has 1 aliphatic carbocycles. The van der Waals surface area contributed by atoms with Crippen molar-refractivity contribution in [3.63, 3.8) is 0 Å². The van der Waals surface area contributed by atoms with E-state index in [-0.39, 0.29) is 11.6 Å². The summed E-state index contributed by atoms with van der Waals surface area (Å²) in [5.41, 5.74) is 2.12. The topological polar surface area (TPSA) is 39.8 Å². The van der Waals surface area contributed by atoms with Crippen LogP contribution in [0.3, 0.4) is 0 Å². The maximum atomic E-state index is 14.7. The molecule has 0 spiro atoms. The molecule has 0 aliphatic heterocycles. The lowest BCUT2D eigenvalue weighted by atomic mass is 10.2. The highest BCUT2D eigenvalue weighted by molar-refractivity contribution is 6.30. The van der Waals surface area contributed by atoms with Crippen LogP contribution in [-0.2, 0) is 0 Å². The summed E-state index contributed by atoms with van der Waals surface area (Å²) in [7, 11) is 0. The van der Waals surface area contributed by atoms with Crippen molar-refractivity contribution < 1.29 is 4.39 Å². The van der Waals surface area contributed by atoms with E-state index in [4.69, 9.17) is 11.6 Å². The second kappa shape index (κ2) is 7.24. The number of pyridine rings is 1. The molecule has 1 fully saturated rings. The zero-order chi connectivity index (χ0) is 19.8. The van der Waals surface area contributed by atoms with E-state index < -0.39 is 5.82 Å². The Morgan fingerprint density at radius 3 is 2.68 bits per heavy atom. The van der Waals surface area contributed by atoms with Crippen LogP contribution in [0.1, 0.15) is 37.2 Å². The Balaban J connectivity index is 1.97. The fourth-order valence-corrected chi connectivity index (χ4v) is 3.47. The largest absolute Gasteiger partial charge is 0.312 e. The van der Waals surface area contributed by atoms with Gasteiger partial charge in [-0.3, -0.25) is 9.36 Å². The van der Waals surface area contributed by atoms with Crippen LogP contribution >= 0.6 is 11.6 Å². The lowest BCUT2D eigenvalue weighted by Crippen LogP contribution is -2.17. The highest BCUT2D eigenvalue weighted by Crippen LogP contribution is 2.34. The van der Waals surface area contributed by atoms with Crippen LogP contribution in [0.2, 0.25) is 5.02 Å². The monoisotopic (exact) mass is 395 g/mol. The van der Waals surface area contributed by atoms with Crippen molar-refractivity contribution in [3.8, 4) is 17.1 Å². The second-order valence-electron chi connectivity index (χ2n) is 6.73. The smallest absolute Gasteiger partial charge is 0.251 e. The fraction of sp³-hybridized carbons (Fsp3) is 0.182. The minimum absolute atomic E-state index is 0.0844. The Morgan fingerprint density at radius 1 is 1.29 bits per heavy atom. The highest BCUT2D eigenvalue weighted by atomic mass is 35.5. The van der Waals surface area contributed by atoms with Crippen LogP contribution < -0.4 is 5.56 Å². The summed E-state index contributed by atoms with van der Waals surface area (Å²) in [4.78, 5) is 17.2. The van der Waals surface area contributed by atoms with Gasteiger partial charge in [-0.25, -0.2) is 9.37 Å². The first-order valence-corrected chi connectivity index (χ1v) is 9.47. The van der Waals surface area contributed by atoms with Gasteiger partial charge in [0.05, 0.1) is 17.1 Å². The third-order valence-electron chi connectivity index (χ3n) is 4.76. The number of nitrogens with zero attached hydrogens (tertiary/aromatic N) is 3. The molecule has 0 N–H and O–H groups in total. The van der Waals surface area contributed by atoms with E-state index in [1.807, 2.05) is 25.1 Å². The number of hydrogen-bond donors (Lipinski definition) is 0. The van der Waals surface area contributed by atoms with Gasteiger partial charge in [-0.15, -0.1) is 0 Å². The average molecular weight is 396 g/mol. The molecule has 0 amide bonds. The third kappa shape index (κ3) is 3.22. The van der Waals surface area contributed by atoms with Crippen LogP contribution in [-0.4, -0.2) is 14.1 Å². The van der Waals surface area contributed by atoms with Gasteiger partial charge in [0.2, 0.25) is 0 Å². The van der Waals surface area contributed by atoms with E-state index in [1.54, 1.807) is 39.6 Å². The highest BCUT2D eigenvalue weighted by Gasteiger charge is 2.25. The van der Waals surface area contributed by atoms with Crippen LogP contribution in [0, 0.1) is 5.82 Å². The Morgan fingerprint density at radius 2 is 2.07 bits per heavy atom. The minimum Gasteiger partial charge on any atom is -0.312 e. The lowest BCUT2D eigenvalue weighted by Gasteiger charge is -2.12. The molecule has 1 saturated carbocycles. The van der Waals surface area contributed by atoms with Crippen LogP contribution in [0.5, 0.6) is 0 Å². The summed E-state index contributed by atoms with van der Waals surface area (Å²) < 4.78 is 18.2. The first kappa shape index (κ1) is 18.4. The first-order valence-electron chi connectivity index (χ1n) is 9.09. The SMILES string of the molecule is C=Cc1c(/C=C\C)nc(-c2ccn(C3CC3)c(=O)c2)n1-c1ccc(Cl)cc1F. The summed E-state index contributed by atoms with van der Waals surface area (Å²) in [6.45, 7) is 5.75. The van der Waals surface area contributed by atoms with Crippen molar-refractivity contribution in [2.75, 3.05) is 0 Å². The molecule has 3 aromatic rings. The van der Waals surface area contributed by atoms with E-state index in [0.29, 0.717) is 33.5 Å². The van der Waals surface area contributed by atoms with Crippen LogP contribution in [0.4, 0.5) is 4.39 Å². The van der Waals surface area contributed by atoms with E-state index in [2.05, 4.69) is 11.6 Å². The number of allylic oxidation sites excluding steroid dienone is 1. The Labute approximate surface area is 167 Å². The molecular weight excluding hydrogens is 377 g/mol. The number of aromatic nitrogens is 3. The van der Waals surface area contributed by atoms with Crippen molar-refractivity contribution in [3.05, 3.63) is 81.8 Å². The number of rotatable bonds is 5. The molecule has 6 heteroatoms. The molecule has 2 aromatic heterocycles. The average Bonchev–Trinajstić information content (AvgIpc) is 3.44.